The minimum Gasteiger partial charge on any atom is -0.507 e. The maximum atomic E-state index is 13.1. The molecule has 31 heavy (non-hydrogen) atoms. The maximum Gasteiger partial charge on any atom is 0.392 e. The molecular formula is C23H22F4O4. The van der Waals surface area contributed by atoms with Gasteiger partial charge in [0.1, 0.15) is 22.9 Å². The van der Waals surface area contributed by atoms with Gasteiger partial charge in [0, 0.05) is 5.56 Å². The van der Waals surface area contributed by atoms with Crippen LogP contribution in [0.25, 0.3) is 12.2 Å². The lowest BCUT2D eigenvalue weighted by Crippen LogP contribution is -2.14. The molecule has 0 fully saturated rings. The van der Waals surface area contributed by atoms with Crippen LogP contribution in [0.2, 0.25) is 0 Å². The zero-order chi connectivity index (χ0) is 23.2. The topological polar surface area (TPSA) is 66.8 Å². The van der Waals surface area contributed by atoms with Gasteiger partial charge >= 0.3 is 12.1 Å². The average Bonchev–Trinajstić information content (AvgIpc) is 2.65. The van der Waals surface area contributed by atoms with Gasteiger partial charge in [-0.15, -0.1) is 0 Å². The van der Waals surface area contributed by atoms with E-state index in [2.05, 4.69) is 0 Å². The molecule has 0 aromatic heterocycles. The number of aromatic hydroxyl groups is 1. The molecule has 0 heterocycles. The van der Waals surface area contributed by atoms with Crippen molar-refractivity contribution in [2.45, 2.75) is 32.9 Å². The van der Waals surface area contributed by atoms with Crippen molar-refractivity contribution < 1.29 is 37.3 Å². The number of alkyl halides is 3. The van der Waals surface area contributed by atoms with E-state index in [9.17, 15) is 32.6 Å². The fourth-order valence-corrected chi connectivity index (χ4v) is 2.73. The lowest BCUT2D eigenvalue weighted by Gasteiger charge is -2.17. The van der Waals surface area contributed by atoms with Crippen molar-refractivity contribution in [1.82, 2.24) is 0 Å². The summed E-state index contributed by atoms with van der Waals surface area (Å²) in [5.74, 6) is -2.46. The van der Waals surface area contributed by atoms with E-state index in [4.69, 9.17) is 4.74 Å². The van der Waals surface area contributed by atoms with Crippen LogP contribution in [0.4, 0.5) is 17.6 Å². The number of carbonyl (C=O) groups is 1. The lowest BCUT2D eigenvalue weighted by molar-refractivity contribution is -0.139. The van der Waals surface area contributed by atoms with E-state index < -0.39 is 42.3 Å². The number of hydrogen-bond donors (Lipinski definition) is 2. The SMILES string of the molecule is CC(C)=CCc1c(OCCC(F)(F)F)cc(/C=C/c2ccc(F)cc2)c(C(=O)O)c1O. The molecule has 8 heteroatoms. The van der Waals surface area contributed by atoms with Crippen molar-refractivity contribution in [2.24, 2.45) is 0 Å². The third kappa shape index (κ3) is 7.16. The Morgan fingerprint density at radius 3 is 2.32 bits per heavy atom. The second-order valence-corrected chi connectivity index (χ2v) is 7.06. The molecule has 2 N–H and O–H groups in total. The fraction of sp³-hybridized carbons (Fsp3) is 0.261. The molecule has 0 aliphatic rings. The number of aromatic carboxylic acids is 1. The number of hydrogen-bond acceptors (Lipinski definition) is 3. The van der Waals surface area contributed by atoms with Gasteiger partial charge in [-0.2, -0.15) is 13.2 Å². The summed E-state index contributed by atoms with van der Waals surface area (Å²) in [6.07, 6.45) is -0.970. The van der Waals surface area contributed by atoms with Gasteiger partial charge < -0.3 is 14.9 Å². The minimum atomic E-state index is -4.42. The van der Waals surface area contributed by atoms with Gasteiger partial charge in [0.15, 0.2) is 0 Å². The predicted molar refractivity (Wildman–Crippen MR) is 110 cm³/mol. The minimum absolute atomic E-state index is 0.0389. The van der Waals surface area contributed by atoms with Crippen LogP contribution < -0.4 is 4.74 Å². The van der Waals surface area contributed by atoms with Gasteiger partial charge in [0.2, 0.25) is 0 Å². The number of allylic oxidation sites excluding steroid dienone is 2. The molecule has 0 aliphatic carbocycles. The molecule has 0 saturated carbocycles. The summed E-state index contributed by atoms with van der Waals surface area (Å²) >= 11 is 0. The second-order valence-electron chi connectivity index (χ2n) is 7.06. The van der Waals surface area contributed by atoms with E-state index in [1.165, 1.54) is 42.5 Å². The molecule has 0 atom stereocenters. The molecule has 0 aliphatic heterocycles. The summed E-state index contributed by atoms with van der Waals surface area (Å²) in [6, 6.07) is 6.67. The Morgan fingerprint density at radius 2 is 1.77 bits per heavy atom. The molecular weight excluding hydrogens is 416 g/mol. The number of rotatable bonds is 8. The Bertz CT molecular complexity index is 986. The Balaban J connectivity index is 2.52. The van der Waals surface area contributed by atoms with Crippen molar-refractivity contribution in [1.29, 1.82) is 0 Å². The van der Waals surface area contributed by atoms with Crippen LogP contribution in [0.5, 0.6) is 11.5 Å². The van der Waals surface area contributed by atoms with Gasteiger partial charge in [-0.25, -0.2) is 9.18 Å². The zero-order valence-electron chi connectivity index (χ0n) is 17.0. The van der Waals surface area contributed by atoms with Crippen LogP contribution in [-0.4, -0.2) is 29.0 Å². The fourth-order valence-electron chi connectivity index (χ4n) is 2.73. The van der Waals surface area contributed by atoms with Crippen molar-refractivity contribution in [2.75, 3.05) is 6.61 Å². The second kappa shape index (κ2) is 10.1. The van der Waals surface area contributed by atoms with Crippen LogP contribution in [0, 0.1) is 5.82 Å². The normalized spacial score (nSPS) is 11.5. The summed E-state index contributed by atoms with van der Waals surface area (Å²) in [5, 5.41) is 20.2. The van der Waals surface area contributed by atoms with Crippen LogP contribution in [-0.2, 0) is 6.42 Å². The Labute approximate surface area is 177 Å². The summed E-state index contributed by atoms with van der Waals surface area (Å²) in [5.41, 5.74) is 1.15. The van der Waals surface area contributed by atoms with Gasteiger partial charge in [-0.1, -0.05) is 35.9 Å². The molecule has 2 aromatic carbocycles. The Morgan fingerprint density at radius 1 is 1.13 bits per heavy atom. The highest BCUT2D eigenvalue weighted by Gasteiger charge is 2.28. The van der Waals surface area contributed by atoms with Gasteiger partial charge in [0.05, 0.1) is 13.0 Å². The largest absolute Gasteiger partial charge is 0.507 e. The summed E-state index contributed by atoms with van der Waals surface area (Å²) in [7, 11) is 0. The highest BCUT2D eigenvalue weighted by molar-refractivity contribution is 5.97. The summed E-state index contributed by atoms with van der Waals surface area (Å²) in [4.78, 5) is 11.8. The van der Waals surface area contributed by atoms with E-state index >= 15 is 0 Å². The summed E-state index contributed by atoms with van der Waals surface area (Å²) in [6.45, 7) is 2.90. The first-order valence-electron chi connectivity index (χ1n) is 9.36. The van der Waals surface area contributed by atoms with E-state index in [1.807, 2.05) is 0 Å². The third-order valence-corrected chi connectivity index (χ3v) is 4.29. The van der Waals surface area contributed by atoms with Crippen LogP contribution >= 0.6 is 0 Å². The van der Waals surface area contributed by atoms with Crippen LogP contribution in [0.1, 0.15) is 47.3 Å². The van der Waals surface area contributed by atoms with E-state index in [1.54, 1.807) is 19.9 Å². The van der Waals surface area contributed by atoms with Crippen LogP contribution in [0.3, 0.4) is 0 Å². The molecule has 0 saturated heterocycles. The molecule has 0 unspecified atom stereocenters. The van der Waals surface area contributed by atoms with E-state index in [-0.39, 0.29) is 23.3 Å². The first-order valence-corrected chi connectivity index (χ1v) is 9.36. The van der Waals surface area contributed by atoms with Crippen molar-refractivity contribution >= 4 is 18.1 Å². The lowest BCUT2D eigenvalue weighted by atomic mass is 9.97. The number of phenols is 1. The van der Waals surface area contributed by atoms with Crippen molar-refractivity contribution in [3.63, 3.8) is 0 Å². The number of benzene rings is 2. The number of ether oxygens (including phenoxy) is 1. The number of halogens is 4. The zero-order valence-corrected chi connectivity index (χ0v) is 17.0. The van der Waals surface area contributed by atoms with Crippen LogP contribution in [0.15, 0.2) is 42.0 Å². The predicted octanol–water partition coefficient (Wildman–Crippen LogP) is 6.24. The molecule has 2 rings (SSSR count). The van der Waals surface area contributed by atoms with E-state index in [0.29, 0.717) is 5.56 Å². The highest BCUT2D eigenvalue weighted by atomic mass is 19.4. The van der Waals surface area contributed by atoms with E-state index in [0.717, 1.165) is 5.57 Å². The van der Waals surface area contributed by atoms with Crippen molar-refractivity contribution in [3.8, 4) is 11.5 Å². The number of carboxylic acid groups (broad SMARTS) is 1. The Kier molecular flexibility index (Phi) is 7.85. The first kappa shape index (κ1) is 24.0. The third-order valence-electron chi connectivity index (χ3n) is 4.29. The monoisotopic (exact) mass is 438 g/mol. The van der Waals surface area contributed by atoms with Gasteiger partial charge in [-0.3, -0.25) is 0 Å². The molecule has 0 radical (unpaired) electrons. The van der Waals surface area contributed by atoms with Gasteiger partial charge in [0.25, 0.3) is 0 Å². The standard InChI is InChI=1S/C23H22F4O4/c1-14(2)3-10-18-19(31-12-11-23(25,26)27)13-16(20(21(18)28)22(29)30)7-4-15-5-8-17(24)9-6-15/h3-9,13,28H,10-12H2,1-2H3,(H,29,30)/b7-4+. The molecule has 0 spiro atoms. The molecule has 0 amide bonds. The van der Waals surface area contributed by atoms with Crippen molar-refractivity contribution in [3.05, 3.63) is 70.1 Å². The smallest absolute Gasteiger partial charge is 0.392 e. The molecule has 2 aromatic rings. The maximum absolute atomic E-state index is 13.1. The molecule has 4 nitrogen and oxygen atoms in total. The summed E-state index contributed by atoms with van der Waals surface area (Å²) < 4.78 is 55.9. The molecule has 0 bridgehead atoms. The first-order chi connectivity index (χ1) is 14.5. The number of carboxylic acids is 1. The quantitative estimate of drug-likeness (QED) is 0.291. The molecule has 166 valence electrons. The average molecular weight is 438 g/mol. The van der Waals surface area contributed by atoms with Gasteiger partial charge in [-0.05, 0) is 49.6 Å². The highest BCUT2D eigenvalue weighted by Crippen LogP contribution is 2.37. The Hall–Kier alpha value is -3.29.